The Bertz CT molecular complexity index is 639. The largest absolute Gasteiger partial charge is 0.397 e. The first-order chi connectivity index (χ1) is 8.50. The zero-order chi connectivity index (χ0) is 13.2. The summed E-state index contributed by atoms with van der Waals surface area (Å²) in [5, 5.41) is 0.238. The SMILES string of the molecule is Nc1cccc(Cl)c1NS(=O)(=O)c1cccnc1. The summed E-state index contributed by atoms with van der Waals surface area (Å²) in [5.74, 6) is 0. The van der Waals surface area contributed by atoms with Crippen LogP contribution in [0.2, 0.25) is 5.02 Å². The molecule has 0 spiro atoms. The fourth-order valence-corrected chi connectivity index (χ4v) is 2.70. The van der Waals surface area contributed by atoms with Crippen LogP contribution in [0.25, 0.3) is 0 Å². The smallest absolute Gasteiger partial charge is 0.263 e. The van der Waals surface area contributed by atoms with E-state index in [9.17, 15) is 8.42 Å². The average molecular weight is 284 g/mol. The van der Waals surface area contributed by atoms with E-state index in [-0.39, 0.29) is 21.3 Å². The molecule has 0 atom stereocenters. The van der Waals surface area contributed by atoms with Gasteiger partial charge in [-0.3, -0.25) is 9.71 Å². The minimum absolute atomic E-state index is 0.0457. The van der Waals surface area contributed by atoms with Gasteiger partial charge in [0.1, 0.15) is 4.90 Å². The standard InChI is InChI=1S/C11H10ClN3O2S/c12-9-4-1-5-10(13)11(9)15-18(16,17)8-3-2-6-14-7-8/h1-7,15H,13H2. The van der Waals surface area contributed by atoms with E-state index in [2.05, 4.69) is 9.71 Å². The van der Waals surface area contributed by atoms with Gasteiger partial charge < -0.3 is 5.73 Å². The second kappa shape index (κ2) is 4.83. The fourth-order valence-electron chi connectivity index (χ4n) is 1.35. The number of pyridine rings is 1. The normalized spacial score (nSPS) is 11.2. The van der Waals surface area contributed by atoms with Gasteiger partial charge in [-0.05, 0) is 24.3 Å². The Hall–Kier alpha value is -1.79. The molecule has 2 aromatic rings. The maximum Gasteiger partial charge on any atom is 0.263 e. The van der Waals surface area contributed by atoms with E-state index >= 15 is 0 Å². The van der Waals surface area contributed by atoms with Gasteiger partial charge in [0.15, 0.2) is 0 Å². The molecule has 1 aromatic heterocycles. The zero-order valence-corrected chi connectivity index (χ0v) is 10.7. The number of anilines is 2. The number of nitrogens with one attached hydrogen (secondary N) is 1. The molecule has 0 saturated heterocycles. The van der Waals surface area contributed by atoms with Gasteiger partial charge in [-0.15, -0.1) is 0 Å². The molecular formula is C11H10ClN3O2S. The van der Waals surface area contributed by atoms with Gasteiger partial charge in [0, 0.05) is 12.4 Å². The minimum Gasteiger partial charge on any atom is -0.397 e. The molecule has 0 bridgehead atoms. The minimum atomic E-state index is -3.74. The summed E-state index contributed by atoms with van der Waals surface area (Å²) in [6.45, 7) is 0. The Morgan fingerprint density at radius 3 is 2.61 bits per heavy atom. The molecule has 3 N–H and O–H groups in total. The number of rotatable bonds is 3. The summed E-state index contributed by atoms with van der Waals surface area (Å²) in [6, 6.07) is 7.72. The Kier molecular flexibility index (Phi) is 3.40. The maximum absolute atomic E-state index is 12.0. The fraction of sp³-hybridized carbons (Fsp3) is 0. The molecule has 0 saturated carbocycles. The third-order valence-electron chi connectivity index (χ3n) is 2.23. The Morgan fingerprint density at radius 2 is 2.00 bits per heavy atom. The lowest BCUT2D eigenvalue weighted by Crippen LogP contribution is -2.14. The van der Waals surface area contributed by atoms with E-state index in [0.29, 0.717) is 0 Å². The Balaban J connectivity index is 2.41. The number of aromatic nitrogens is 1. The molecule has 0 amide bonds. The van der Waals surface area contributed by atoms with Crippen LogP contribution in [0.3, 0.4) is 0 Å². The number of nitrogen functional groups attached to an aromatic ring is 1. The summed E-state index contributed by atoms with van der Waals surface area (Å²) in [5.41, 5.74) is 6.11. The molecule has 2 rings (SSSR count). The number of hydrogen-bond acceptors (Lipinski definition) is 4. The number of nitrogens with two attached hydrogens (primary N) is 1. The van der Waals surface area contributed by atoms with E-state index in [1.165, 1.54) is 24.5 Å². The summed E-state index contributed by atoms with van der Waals surface area (Å²) >= 11 is 5.90. The van der Waals surface area contributed by atoms with Crippen molar-refractivity contribution in [3.8, 4) is 0 Å². The highest BCUT2D eigenvalue weighted by molar-refractivity contribution is 7.92. The number of nitrogens with zero attached hydrogens (tertiary/aromatic N) is 1. The van der Waals surface area contributed by atoms with Crippen molar-refractivity contribution in [1.82, 2.24) is 4.98 Å². The molecule has 0 fully saturated rings. The van der Waals surface area contributed by atoms with Crippen molar-refractivity contribution in [2.45, 2.75) is 4.90 Å². The van der Waals surface area contributed by atoms with Crippen molar-refractivity contribution in [3.63, 3.8) is 0 Å². The van der Waals surface area contributed by atoms with E-state index in [1.807, 2.05) is 0 Å². The lowest BCUT2D eigenvalue weighted by molar-refractivity contribution is 0.601. The van der Waals surface area contributed by atoms with Crippen LogP contribution < -0.4 is 10.5 Å². The van der Waals surface area contributed by atoms with Crippen molar-refractivity contribution in [2.24, 2.45) is 0 Å². The molecule has 5 nitrogen and oxygen atoms in total. The van der Waals surface area contributed by atoms with E-state index in [4.69, 9.17) is 17.3 Å². The van der Waals surface area contributed by atoms with Crippen LogP contribution in [-0.4, -0.2) is 13.4 Å². The lowest BCUT2D eigenvalue weighted by Gasteiger charge is -2.11. The lowest BCUT2D eigenvalue weighted by atomic mass is 10.3. The predicted octanol–water partition coefficient (Wildman–Crippen LogP) is 2.12. The quantitative estimate of drug-likeness (QED) is 0.845. The highest BCUT2D eigenvalue weighted by atomic mass is 35.5. The summed E-state index contributed by atoms with van der Waals surface area (Å²) < 4.78 is 26.4. The third-order valence-corrected chi connectivity index (χ3v) is 3.88. The second-order valence-electron chi connectivity index (χ2n) is 3.50. The Labute approximate surface area is 110 Å². The van der Waals surface area contributed by atoms with Crippen LogP contribution in [0, 0.1) is 0 Å². The highest BCUT2D eigenvalue weighted by Gasteiger charge is 2.17. The first kappa shape index (κ1) is 12.7. The molecule has 94 valence electrons. The first-order valence-electron chi connectivity index (χ1n) is 4.97. The summed E-state index contributed by atoms with van der Waals surface area (Å²) in [6.07, 6.45) is 2.73. The van der Waals surface area contributed by atoms with Crippen LogP contribution >= 0.6 is 11.6 Å². The Morgan fingerprint density at radius 1 is 1.22 bits per heavy atom. The molecule has 18 heavy (non-hydrogen) atoms. The number of hydrogen-bond donors (Lipinski definition) is 2. The van der Waals surface area contributed by atoms with Crippen molar-refractivity contribution < 1.29 is 8.42 Å². The number of halogens is 1. The van der Waals surface area contributed by atoms with Crippen LogP contribution in [0.1, 0.15) is 0 Å². The van der Waals surface area contributed by atoms with Crippen LogP contribution in [-0.2, 0) is 10.0 Å². The van der Waals surface area contributed by atoms with Crippen molar-refractivity contribution in [1.29, 1.82) is 0 Å². The molecule has 1 heterocycles. The van der Waals surface area contributed by atoms with Crippen LogP contribution in [0.4, 0.5) is 11.4 Å². The second-order valence-corrected chi connectivity index (χ2v) is 5.59. The monoisotopic (exact) mass is 283 g/mol. The van der Waals surface area contributed by atoms with Crippen molar-refractivity contribution >= 4 is 33.0 Å². The summed E-state index contributed by atoms with van der Waals surface area (Å²) in [7, 11) is -3.74. The zero-order valence-electron chi connectivity index (χ0n) is 9.17. The van der Waals surface area contributed by atoms with Gasteiger partial charge in [0.25, 0.3) is 10.0 Å². The molecule has 0 aliphatic carbocycles. The van der Waals surface area contributed by atoms with E-state index < -0.39 is 10.0 Å². The topological polar surface area (TPSA) is 85.1 Å². The van der Waals surface area contributed by atoms with Crippen molar-refractivity contribution in [3.05, 3.63) is 47.7 Å². The average Bonchev–Trinajstić information content (AvgIpc) is 2.35. The predicted molar refractivity (Wildman–Crippen MR) is 70.9 cm³/mol. The van der Waals surface area contributed by atoms with Gasteiger partial charge in [0.2, 0.25) is 0 Å². The molecule has 0 radical (unpaired) electrons. The van der Waals surface area contributed by atoms with Crippen molar-refractivity contribution in [2.75, 3.05) is 10.5 Å². The van der Waals surface area contributed by atoms with Crippen LogP contribution in [0.15, 0.2) is 47.6 Å². The molecule has 1 aromatic carbocycles. The van der Waals surface area contributed by atoms with Gasteiger partial charge >= 0.3 is 0 Å². The molecule has 0 aliphatic rings. The van der Waals surface area contributed by atoms with E-state index in [1.54, 1.807) is 18.2 Å². The highest BCUT2D eigenvalue weighted by Crippen LogP contribution is 2.29. The third kappa shape index (κ3) is 2.55. The number of sulfonamides is 1. The molecular weight excluding hydrogens is 274 g/mol. The number of benzene rings is 1. The summed E-state index contributed by atoms with van der Waals surface area (Å²) in [4.78, 5) is 3.80. The molecule has 0 aliphatic heterocycles. The van der Waals surface area contributed by atoms with Gasteiger partial charge in [-0.1, -0.05) is 17.7 Å². The molecule has 0 unspecified atom stereocenters. The van der Waals surface area contributed by atoms with Crippen LogP contribution in [0.5, 0.6) is 0 Å². The number of para-hydroxylation sites is 1. The van der Waals surface area contributed by atoms with Gasteiger partial charge in [0.05, 0.1) is 16.4 Å². The first-order valence-corrected chi connectivity index (χ1v) is 6.83. The van der Waals surface area contributed by atoms with Gasteiger partial charge in [-0.2, -0.15) is 0 Å². The maximum atomic E-state index is 12.0. The van der Waals surface area contributed by atoms with Gasteiger partial charge in [-0.25, -0.2) is 8.42 Å². The van der Waals surface area contributed by atoms with E-state index in [0.717, 1.165) is 0 Å². The molecule has 7 heteroatoms.